The summed E-state index contributed by atoms with van der Waals surface area (Å²) in [5.41, 5.74) is 1.56. The van der Waals surface area contributed by atoms with Crippen molar-refractivity contribution in [1.29, 1.82) is 0 Å². The molecular weight excluding hydrogens is 244 g/mol. The topological polar surface area (TPSA) is 67.4 Å². The van der Waals surface area contributed by atoms with Gasteiger partial charge in [-0.15, -0.1) is 0 Å². The van der Waals surface area contributed by atoms with Gasteiger partial charge in [0, 0.05) is 17.8 Å². The summed E-state index contributed by atoms with van der Waals surface area (Å²) in [5, 5.41) is 5.48. The maximum Gasteiger partial charge on any atom is 0.412 e. The molecule has 0 saturated heterocycles. The van der Waals surface area contributed by atoms with Crippen molar-refractivity contribution in [3.05, 3.63) is 29.3 Å². The van der Waals surface area contributed by atoms with Gasteiger partial charge in [0.15, 0.2) is 0 Å². The lowest BCUT2D eigenvalue weighted by atomic mass is 9.98. The molecule has 0 aromatic heterocycles. The second kappa shape index (κ2) is 4.91. The number of hydrogen-bond acceptors (Lipinski definition) is 3. The number of carbonyl (C=O) groups is 2. The van der Waals surface area contributed by atoms with Crippen LogP contribution in [0.4, 0.5) is 10.5 Å². The van der Waals surface area contributed by atoms with Gasteiger partial charge in [0.1, 0.15) is 5.60 Å². The van der Waals surface area contributed by atoms with Crippen LogP contribution in [0.3, 0.4) is 0 Å². The Hall–Kier alpha value is -2.04. The Morgan fingerprint density at radius 1 is 1.37 bits per heavy atom. The van der Waals surface area contributed by atoms with Crippen molar-refractivity contribution < 1.29 is 14.3 Å². The summed E-state index contributed by atoms with van der Waals surface area (Å²) in [6.45, 7) is 6.00. The molecule has 0 radical (unpaired) electrons. The Morgan fingerprint density at radius 3 is 2.79 bits per heavy atom. The van der Waals surface area contributed by atoms with Gasteiger partial charge < -0.3 is 10.1 Å². The predicted molar refractivity (Wildman–Crippen MR) is 72.3 cm³/mol. The molecule has 5 heteroatoms. The molecule has 0 saturated carbocycles. The Labute approximate surface area is 112 Å². The van der Waals surface area contributed by atoms with E-state index in [1.807, 2.05) is 0 Å². The first-order valence-corrected chi connectivity index (χ1v) is 6.27. The van der Waals surface area contributed by atoms with E-state index in [0.717, 1.165) is 5.56 Å². The van der Waals surface area contributed by atoms with Gasteiger partial charge in [0.2, 0.25) is 0 Å². The Bertz CT molecular complexity index is 518. The summed E-state index contributed by atoms with van der Waals surface area (Å²) < 4.78 is 5.21. The smallest absolute Gasteiger partial charge is 0.412 e. The molecule has 1 aliphatic rings. The largest absolute Gasteiger partial charge is 0.444 e. The molecule has 0 atom stereocenters. The zero-order chi connectivity index (χ0) is 14.0. The van der Waals surface area contributed by atoms with Crippen molar-refractivity contribution in [2.24, 2.45) is 0 Å². The number of hydrogen-bond donors (Lipinski definition) is 2. The zero-order valence-corrected chi connectivity index (χ0v) is 11.4. The third-order valence-electron chi connectivity index (χ3n) is 2.72. The lowest BCUT2D eigenvalue weighted by Gasteiger charge is -2.22. The van der Waals surface area contributed by atoms with Crippen molar-refractivity contribution in [1.82, 2.24) is 5.32 Å². The SMILES string of the molecule is CC(C)(C)OC(=O)Nc1cccc2c1CCNC2=O. The number of rotatable bonds is 1. The lowest BCUT2D eigenvalue weighted by molar-refractivity contribution is 0.0635. The van der Waals surface area contributed by atoms with Gasteiger partial charge in [0.25, 0.3) is 5.91 Å². The highest BCUT2D eigenvalue weighted by Gasteiger charge is 2.21. The monoisotopic (exact) mass is 262 g/mol. The van der Waals surface area contributed by atoms with Crippen LogP contribution in [-0.4, -0.2) is 24.1 Å². The minimum atomic E-state index is -0.545. The second-order valence-electron chi connectivity index (χ2n) is 5.46. The first-order chi connectivity index (χ1) is 8.87. The number of carbonyl (C=O) groups excluding carboxylic acids is 2. The van der Waals surface area contributed by atoms with Crippen LogP contribution < -0.4 is 10.6 Å². The van der Waals surface area contributed by atoms with E-state index >= 15 is 0 Å². The van der Waals surface area contributed by atoms with Crippen molar-refractivity contribution >= 4 is 17.7 Å². The number of benzene rings is 1. The van der Waals surface area contributed by atoms with Crippen LogP contribution in [0.2, 0.25) is 0 Å². The predicted octanol–water partition coefficient (Wildman–Crippen LogP) is 2.32. The van der Waals surface area contributed by atoms with E-state index in [1.165, 1.54) is 0 Å². The van der Waals surface area contributed by atoms with E-state index < -0.39 is 11.7 Å². The van der Waals surface area contributed by atoms with Crippen molar-refractivity contribution in [3.63, 3.8) is 0 Å². The highest BCUT2D eigenvalue weighted by atomic mass is 16.6. The molecule has 2 rings (SSSR count). The summed E-state index contributed by atoms with van der Waals surface area (Å²) in [6, 6.07) is 5.28. The molecule has 1 aromatic rings. The molecule has 0 spiro atoms. The standard InChI is InChI=1S/C14H18N2O3/c1-14(2,3)19-13(18)16-11-6-4-5-10-9(11)7-8-15-12(10)17/h4-6H,7-8H2,1-3H3,(H,15,17)(H,16,18). The van der Waals surface area contributed by atoms with Gasteiger partial charge in [0.05, 0.1) is 0 Å². The summed E-state index contributed by atoms with van der Waals surface area (Å²) in [7, 11) is 0. The first-order valence-electron chi connectivity index (χ1n) is 6.27. The molecule has 0 bridgehead atoms. The number of amides is 2. The van der Waals surface area contributed by atoms with Gasteiger partial charge in [-0.2, -0.15) is 0 Å². The fraction of sp³-hybridized carbons (Fsp3) is 0.429. The van der Waals surface area contributed by atoms with Crippen LogP contribution in [0, 0.1) is 0 Å². The Morgan fingerprint density at radius 2 is 2.11 bits per heavy atom. The average molecular weight is 262 g/mol. The molecule has 102 valence electrons. The van der Waals surface area contributed by atoms with Gasteiger partial charge in [-0.3, -0.25) is 10.1 Å². The summed E-state index contributed by atoms with van der Waals surface area (Å²) in [5.74, 6) is -0.103. The quantitative estimate of drug-likeness (QED) is 0.816. The first kappa shape index (κ1) is 13.4. The zero-order valence-electron chi connectivity index (χ0n) is 11.4. The van der Waals surface area contributed by atoms with Crippen LogP contribution >= 0.6 is 0 Å². The molecule has 2 N–H and O–H groups in total. The van der Waals surface area contributed by atoms with E-state index in [0.29, 0.717) is 24.2 Å². The molecule has 2 amide bonds. The number of ether oxygens (including phenoxy) is 1. The maximum atomic E-state index is 11.8. The van der Waals surface area contributed by atoms with Gasteiger partial charge in [-0.1, -0.05) is 6.07 Å². The van der Waals surface area contributed by atoms with Crippen molar-refractivity contribution in [3.8, 4) is 0 Å². The molecule has 0 aliphatic carbocycles. The van der Waals surface area contributed by atoms with Crippen LogP contribution in [0.5, 0.6) is 0 Å². The molecule has 5 nitrogen and oxygen atoms in total. The molecule has 1 aromatic carbocycles. The second-order valence-corrected chi connectivity index (χ2v) is 5.46. The number of nitrogens with one attached hydrogen (secondary N) is 2. The van der Waals surface area contributed by atoms with Crippen LogP contribution in [0.25, 0.3) is 0 Å². The van der Waals surface area contributed by atoms with E-state index in [4.69, 9.17) is 4.74 Å². The molecule has 19 heavy (non-hydrogen) atoms. The van der Waals surface area contributed by atoms with Crippen LogP contribution in [0.1, 0.15) is 36.7 Å². The summed E-state index contributed by atoms with van der Waals surface area (Å²) >= 11 is 0. The summed E-state index contributed by atoms with van der Waals surface area (Å²) in [6.07, 6.45) is 0.194. The highest BCUT2D eigenvalue weighted by molar-refractivity contribution is 5.99. The minimum absolute atomic E-state index is 0.103. The number of anilines is 1. The molecule has 1 aliphatic heterocycles. The molecule has 1 heterocycles. The molecular formula is C14H18N2O3. The highest BCUT2D eigenvalue weighted by Crippen LogP contribution is 2.23. The van der Waals surface area contributed by atoms with Crippen molar-refractivity contribution in [2.45, 2.75) is 32.8 Å². The normalized spacial score (nSPS) is 14.4. The van der Waals surface area contributed by atoms with E-state index in [2.05, 4.69) is 10.6 Å². The van der Waals surface area contributed by atoms with Crippen LogP contribution in [-0.2, 0) is 11.2 Å². The maximum absolute atomic E-state index is 11.8. The molecule has 0 fully saturated rings. The minimum Gasteiger partial charge on any atom is -0.444 e. The fourth-order valence-electron chi connectivity index (χ4n) is 2.00. The Kier molecular flexibility index (Phi) is 3.46. The Balaban J connectivity index is 2.20. The van der Waals surface area contributed by atoms with Gasteiger partial charge in [-0.05, 0) is 44.9 Å². The van der Waals surface area contributed by atoms with Crippen LogP contribution in [0.15, 0.2) is 18.2 Å². The number of fused-ring (bicyclic) bond motifs is 1. The lowest BCUT2D eigenvalue weighted by Crippen LogP contribution is -2.33. The van der Waals surface area contributed by atoms with Gasteiger partial charge in [-0.25, -0.2) is 4.79 Å². The third-order valence-corrected chi connectivity index (χ3v) is 2.72. The summed E-state index contributed by atoms with van der Waals surface area (Å²) in [4.78, 5) is 23.5. The van der Waals surface area contributed by atoms with Gasteiger partial charge >= 0.3 is 6.09 Å². The van der Waals surface area contributed by atoms with E-state index in [9.17, 15) is 9.59 Å². The molecule has 0 unspecified atom stereocenters. The van der Waals surface area contributed by atoms with Crippen molar-refractivity contribution in [2.75, 3.05) is 11.9 Å². The average Bonchev–Trinajstić information content (AvgIpc) is 2.28. The fourth-order valence-corrected chi connectivity index (χ4v) is 2.00. The van der Waals surface area contributed by atoms with E-state index in [1.54, 1.807) is 39.0 Å². The van der Waals surface area contributed by atoms with E-state index in [-0.39, 0.29) is 5.91 Å². The third kappa shape index (κ3) is 3.24.